The molecular formula is C20H20N4O2. The summed E-state index contributed by atoms with van der Waals surface area (Å²) in [6, 6.07) is 17.2. The Morgan fingerprint density at radius 1 is 1.04 bits per heavy atom. The fourth-order valence-electron chi connectivity index (χ4n) is 2.49. The molecule has 0 aliphatic carbocycles. The Balaban J connectivity index is 1.64. The Hall–Kier alpha value is -3.41. The van der Waals surface area contributed by atoms with Crippen LogP contribution in [0.1, 0.15) is 21.5 Å². The number of nitrogens with zero attached hydrogens (tertiary/aromatic N) is 2. The predicted octanol–water partition coefficient (Wildman–Crippen LogP) is 3.93. The highest BCUT2D eigenvalue weighted by Gasteiger charge is 2.05. The number of ether oxygens (including phenoxy) is 1. The maximum absolute atomic E-state index is 11.5. The second-order valence-electron chi connectivity index (χ2n) is 5.83. The molecule has 0 aliphatic heterocycles. The fraction of sp³-hybridized carbons (Fsp3) is 0.150. The molecule has 0 bridgehead atoms. The normalized spacial score (nSPS) is 10.2. The van der Waals surface area contributed by atoms with E-state index in [1.54, 1.807) is 24.3 Å². The molecule has 6 nitrogen and oxygen atoms in total. The first-order valence-electron chi connectivity index (χ1n) is 8.21. The van der Waals surface area contributed by atoms with E-state index < -0.39 is 0 Å². The van der Waals surface area contributed by atoms with Crippen LogP contribution in [0.3, 0.4) is 0 Å². The van der Waals surface area contributed by atoms with Crippen molar-refractivity contribution in [3.63, 3.8) is 0 Å². The zero-order valence-electron chi connectivity index (χ0n) is 14.7. The Morgan fingerprint density at radius 2 is 1.81 bits per heavy atom. The summed E-state index contributed by atoms with van der Waals surface area (Å²) in [6.45, 7) is 2.76. The molecule has 0 amide bonds. The van der Waals surface area contributed by atoms with Crippen LogP contribution in [0.5, 0.6) is 0 Å². The molecule has 3 aromatic rings. The summed E-state index contributed by atoms with van der Waals surface area (Å²) in [6.07, 6.45) is 1.50. The first-order valence-corrected chi connectivity index (χ1v) is 8.21. The zero-order valence-corrected chi connectivity index (χ0v) is 14.7. The smallest absolute Gasteiger partial charge is 0.337 e. The van der Waals surface area contributed by atoms with Crippen molar-refractivity contribution in [1.82, 2.24) is 9.97 Å². The van der Waals surface area contributed by atoms with Gasteiger partial charge in [0.05, 0.1) is 12.7 Å². The van der Waals surface area contributed by atoms with Crippen LogP contribution >= 0.6 is 0 Å². The number of carbonyl (C=O) groups excluding carboxylic acids is 1. The number of hydrogen-bond acceptors (Lipinski definition) is 6. The van der Waals surface area contributed by atoms with E-state index >= 15 is 0 Å². The molecule has 26 heavy (non-hydrogen) atoms. The van der Waals surface area contributed by atoms with Crippen LogP contribution in [-0.2, 0) is 11.3 Å². The van der Waals surface area contributed by atoms with Gasteiger partial charge in [-0.1, -0.05) is 29.8 Å². The van der Waals surface area contributed by atoms with Crippen molar-refractivity contribution in [2.75, 3.05) is 17.7 Å². The van der Waals surface area contributed by atoms with Crippen molar-refractivity contribution in [2.24, 2.45) is 0 Å². The largest absolute Gasteiger partial charge is 0.465 e. The molecule has 1 heterocycles. The lowest BCUT2D eigenvalue weighted by molar-refractivity contribution is 0.0601. The predicted molar refractivity (Wildman–Crippen MR) is 102 cm³/mol. The molecule has 0 saturated heterocycles. The standard InChI is InChI=1S/C20H20N4O2/c1-14-4-3-5-15(10-14)12-21-18-11-19(23-13-22-18)24-17-8-6-16(7-9-17)20(25)26-2/h3-11,13H,12H2,1-2H3,(H2,21,22,23,24). The minimum absolute atomic E-state index is 0.360. The SMILES string of the molecule is COC(=O)c1ccc(Nc2cc(NCc3cccc(C)c3)ncn2)cc1. The van der Waals surface area contributed by atoms with Crippen LogP contribution in [-0.4, -0.2) is 23.0 Å². The van der Waals surface area contributed by atoms with Gasteiger partial charge >= 0.3 is 5.97 Å². The molecule has 2 aromatic carbocycles. The Kier molecular flexibility index (Phi) is 5.43. The highest BCUT2D eigenvalue weighted by Crippen LogP contribution is 2.18. The van der Waals surface area contributed by atoms with Gasteiger partial charge in [-0.2, -0.15) is 0 Å². The van der Waals surface area contributed by atoms with Gasteiger partial charge in [-0.3, -0.25) is 0 Å². The summed E-state index contributed by atoms with van der Waals surface area (Å²) in [4.78, 5) is 19.9. The molecule has 0 aliphatic rings. The van der Waals surface area contributed by atoms with Gasteiger partial charge in [-0.15, -0.1) is 0 Å². The molecule has 0 unspecified atom stereocenters. The average Bonchev–Trinajstić information content (AvgIpc) is 2.67. The van der Waals surface area contributed by atoms with E-state index in [1.165, 1.54) is 24.6 Å². The third-order valence-corrected chi connectivity index (χ3v) is 3.80. The van der Waals surface area contributed by atoms with E-state index in [1.807, 2.05) is 12.1 Å². The maximum atomic E-state index is 11.5. The molecule has 0 spiro atoms. The molecular weight excluding hydrogens is 328 g/mol. The number of benzene rings is 2. The third-order valence-electron chi connectivity index (χ3n) is 3.80. The van der Waals surface area contributed by atoms with E-state index in [0.717, 1.165) is 11.5 Å². The van der Waals surface area contributed by atoms with Crippen LogP contribution in [0.25, 0.3) is 0 Å². The molecule has 3 rings (SSSR count). The van der Waals surface area contributed by atoms with Gasteiger partial charge in [-0.05, 0) is 36.8 Å². The lowest BCUT2D eigenvalue weighted by Crippen LogP contribution is -2.04. The minimum atomic E-state index is -0.360. The van der Waals surface area contributed by atoms with Crippen LogP contribution in [0.4, 0.5) is 17.3 Å². The lowest BCUT2D eigenvalue weighted by atomic mass is 10.1. The fourth-order valence-corrected chi connectivity index (χ4v) is 2.49. The maximum Gasteiger partial charge on any atom is 0.337 e. The first kappa shape index (κ1) is 17.4. The van der Waals surface area contributed by atoms with Gasteiger partial charge in [-0.25, -0.2) is 14.8 Å². The summed E-state index contributed by atoms with van der Waals surface area (Å²) in [5, 5.41) is 6.49. The van der Waals surface area contributed by atoms with Gasteiger partial charge in [0.1, 0.15) is 18.0 Å². The van der Waals surface area contributed by atoms with Crippen molar-refractivity contribution in [3.05, 3.63) is 77.6 Å². The van der Waals surface area contributed by atoms with Crippen LogP contribution in [0, 0.1) is 6.92 Å². The van der Waals surface area contributed by atoms with Crippen LogP contribution in [0.2, 0.25) is 0 Å². The zero-order chi connectivity index (χ0) is 18.4. The molecule has 0 saturated carbocycles. The number of aromatic nitrogens is 2. The summed E-state index contributed by atoms with van der Waals surface area (Å²) < 4.78 is 4.69. The van der Waals surface area contributed by atoms with E-state index in [4.69, 9.17) is 4.74 Å². The van der Waals surface area contributed by atoms with Gasteiger partial charge in [0.2, 0.25) is 0 Å². The summed E-state index contributed by atoms with van der Waals surface area (Å²) in [7, 11) is 1.36. The Morgan fingerprint density at radius 3 is 2.54 bits per heavy atom. The number of hydrogen-bond donors (Lipinski definition) is 2. The Bertz CT molecular complexity index is 894. The van der Waals surface area contributed by atoms with Crippen molar-refractivity contribution in [3.8, 4) is 0 Å². The highest BCUT2D eigenvalue weighted by atomic mass is 16.5. The average molecular weight is 348 g/mol. The van der Waals surface area contributed by atoms with Crippen molar-refractivity contribution in [1.29, 1.82) is 0 Å². The van der Waals surface area contributed by atoms with Crippen molar-refractivity contribution in [2.45, 2.75) is 13.5 Å². The van der Waals surface area contributed by atoms with Gasteiger partial charge in [0, 0.05) is 18.3 Å². The van der Waals surface area contributed by atoms with E-state index in [2.05, 4.69) is 45.7 Å². The molecule has 0 radical (unpaired) electrons. The molecule has 6 heteroatoms. The van der Waals surface area contributed by atoms with Crippen molar-refractivity contribution >= 4 is 23.3 Å². The Labute approximate surface area is 152 Å². The minimum Gasteiger partial charge on any atom is -0.465 e. The first-order chi connectivity index (χ1) is 12.6. The summed E-state index contributed by atoms with van der Waals surface area (Å²) in [5.74, 6) is 1.04. The topological polar surface area (TPSA) is 76.1 Å². The number of anilines is 3. The second kappa shape index (κ2) is 8.11. The molecule has 0 atom stereocenters. The van der Waals surface area contributed by atoms with Gasteiger partial charge < -0.3 is 15.4 Å². The summed E-state index contributed by atoms with van der Waals surface area (Å²) >= 11 is 0. The molecule has 1 aromatic heterocycles. The molecule has 132 valence electrons. The van der Waals surface area contributed by atoms with Gasteiger partial charge in [0.25, 0.3) is 0 Å². The molecule has 0 fully saturated rings. The van der Waals surface area contributed by atoms with Crippen LogP contribution in [0.15, 0.2) is 60.9 Å². The van der Waals surface area contributed by atoms with Crippen molar-refractivity contribution < 1.29 is 9.53 Å². The van der Waals surface area contributed by atoms with E-state index in [-0.39, 0.29) is 5.97 Å². The number of aryl methyl sites for hydroxylation is 1. The van der Waals surface area contributed by atoms with E-state index in [9.17, 15) is 4.79 Å². The molecule has 2 N–H and O–H groups in total. The van der Waals surface area contributed by atoms with Crippen LogP contribution < -0.4 is 10.6 Å². The highest BCUT2D eigenvalue weighted by molar-refractivity contribution is 5.89. The monoisotopic (exact) mass is 348 g/mol. The number of esters is 1. The third kappa shape index (κ3) is 4.57. The van der Waals surface area contributed by atoms with Gasteiger partial charge in [0.15, 0.2) is 0 Å². The second-order valence-corrected chi connectivity index (χ2v) is 5.83. The number of nitrogens with one attached hydrogen (secondary N) is 2. The number of carbonyl (C=O) groups is 1. The number of methoxy groups -OCH3 is 1. The van der Waals surface area contributed by atoms with E-state index in [0.29, 0.717) is 17.9 Å². The quantitative estimate of drug-likeness (QED) is 0.658. The number of rotatable bonds is 6. The lowest BCUT2D eigenvalue weighted by Gasteiger charge is -2.09. The summed E-state index contributed by atoms with van der Waals surface area (Å²) in [5.41, 5.74) is 3.74.